The summed E-state index contributed by atoms with van der Waals surface area (Å²) in [5.41, 5.74) is -0.686. The van der Waals surface area contributed by atoms with Gasteiger partial charge in [0.1, 0.15) is 17.3 Å². The molecule has 0 saturated carbocycles. The molecule has 0 aliphatic carbocycles. The van der Waals surface area contributed by atoms with Crippen LogP contribution >= 0.6 is 0 Å². The summed E-state index contributed by atoms with van der Waals surface area (Å²) in [6.45, 7) is 0.366. The van der Waals surface area contributed by atoms with Gasteiger partial charge in [0.05, 0.1) is 18.0 Å². The third-order valence-corrected chi connectivity index (χ3v) is 5.46. The molecule has 1 atom stereocenters. The van der Waals surface area contributed by atoms with E-state index in [2.05, 4.69) is 10.3 Å². The number of hydrogen-bond acceptors (Lipinski definition) is 6. The van der Waals surface area contributed by atoms with E-state index in [-0.39, 0.29) is 30.2 Å². The van der Waals surface area contributed by atoms with Gasteiger partial charge in [-0.25, -0.2) is 17.8 Å². The molecule has 1 aromatic carbocycles. The highest BCUT2D eigenvalue weighted by atomic mass is 32.2. The second-order valence-electron chi connectivity index (χ2n) is 7.74. The van der Waals surface area contributed by atoms with Gasteiger partial charge in [0.2, 0.25) is 15.9 Å². The standard InChI is InChI=1S/C21H22F4N4O4S/c1-34(32,33)28-17-5-2-13(10-16(17)22)11-26-19(31)7-4-14-3-6-18(21(23,24)25)27-20(14)29-9-8-15(30)12-29/h2-7,10,15,28,30H,8-9,11-12H2,1H3,(H,26,31)/b7-4-. The van der Waals surface area contributed by atoms with Crippen molar-refractivity contribution in [2.24, 2.45) is 0 Å². The predicted octanol–water partition coefficient (Wildman–Crippen LogP) is 2.51. The molecule has 0 radical (unpaired) electrons. The van der Waals surface area contributed by atoms with Crippen LogP contribution in [0.4, 0.5) is 29.1 Å². The number of anilines is 2. The topological polar surface area (TPSA) is 112 Å². The lowest BCUT2D eigenvalue weighted by atomic mass is 10.2. The molecule has 3 N–H and O–H groups in total. The molecule has 2 heterocycles. The van der Waals surface area contributed by atoms with Gasteiger partial charge in [-0.3, -0.25) is 9.52 Å². The Balaban J connectivity index is 1.70. The Morgan fingerprint density at radius 1 is 1.29 bits per heavy atom. The summed E-state index contributed by atoms with van der Waals surface area (Å²) in [5, 5.41) is 12.2. The van der Waals surface area contributed by atoms with Crippen molar-refractivity contribution in [3.63, 3.8) is 0 Å². The zero-order valence-electron chi connectivity index (χ0n) is 17.9. The number of carbonyl (C=O) groups excluding carboxylic acids is 1. The first-order valence-electron chi connectivity index (χ1n) is 10.1. The number of nitrogens with one attached hydrogen (secondary N) is 2. The van der Waals surface area contributed by atoms with Gasteiger partial charge >= 0.3 is 6.18 Å². The van der Waals surface area contributed by atoms with Crippen molar-refractivity contribution >= 4 is 33.5 Å². The molecule has 1 aliphatic heterocycles. The molecule has 0 spiro atoms. The largest absolute Gasteiger partial charge is 0.433 e. The number of carbonyl (C=O) groups is 1. The molecule has 1 unspecified atom stereocenters. The van der Waals surface area contributed by atoms with Crippen molar-refractivity contribution in [3.8, 4) is 0 Å². The highest BCUT2D eigenvalue weighted by Gasteiger charge is 2.34. The summed E-state index contributed by atoms with van der Waals surface area (Å²) >= 11 is 0. The molecular weight excluding hydrogens is 480 g/mol. The fourth-order valence-corrected chi connectivity index (χ4v) is 3.86. The molecule has 1 saturated heterocycles. The van der Waals surface area contributed by atoms with Crippen molar-refractivity contribution in [3.05, 3.63) is 59.0 Å². The molecule has 2 aromatic rings. The number of benzene rings is 1. The van der Waals surface area contributed by atoms with Crippen LogP contribution in [0.1, 0.15) is 23.2 Å². The number of β-amino-alcohol motifs (C(OH)–C–C–N with tert-alkyl or cyclic N) is 1. The molecule has 8 nitrogen and oxygen atoms in total. The van der Waals surface area contributed by atoms with Crippen LogP contribution in [-0.2, 0) is 27.5 Å². The van der Waals surface area contributed by atoms with E-state index in [1.807, 2.05) is 4.72 Å². The van der Waals surface area contributed by atoms with E-state index in [1.54, 1.807) is 0 Å². The Kier molecular flexibility index (Phi) is 7.46. The van der Waals surface area contributed by atoms with Gasteiger partial charge in [0, 0.05) is 31.3 Å². The zero-order valence-corrected chi connectivity index (χ0v) is 18.8. The van der Waals surface area contributed by atoms with Crippen LogP contribution in [0.3, 0.4) is 0 Å². The molecule has 1 amide bonds. The quantitative estimate of drug-likeness (QED) is 0.396. The highest BCUT2D eigenvalue weighted by molar-refractivity contribution is 7.92. The fraction of sp³-hybridized carbons (Fsp3) is 0.333. The van der Waals surface area contributed by atoms with Crippen molar-refractivity contribution in [2.75, 3.05) is 29.0 Å². The summed E-state index contributed by atoms with van der Waals surface area (Å²) in [4.78, 5) is 17.4. The number of rotatable bonds is 7. The maximum atomic E-state index is 14.0. The minimum absolute atomic E-state index is 0.00598. The number of aromatic nitrogens is 1. The number of alkyl halides is 3. The molecule has 1 fully saturated rings. The minimum atomic E-state index is -4.64. The Hall–Kier alpha value is -3.19. The predicted molar refractivity (Wildman–Crippen MR) is 118 cm³/mol. The van der Waals surface area contributed by atoms with Crippen LogP contribution in [0.5, 0.6) is 0 Å². The first-order chi connectivity index (χ1) is 15.8. The Morgan fingerprint density at radius 3 is 2.62 bits per heavy atom. The number of halogens is 4. The van der Waals surface area contributed by atoms with Gasteiger partial charge in [-0.1, -0.05) is 6.07 Å². The SMILES string of the molecule is CS(=O)(=O)Nc1ccc(CNC(=O)/C=C\c2ccc(C(F)(F)F)nc2N2CCC(O)C2)cc1F. The van der Waals surface area contributed by atoms with E-state index >= 15 is 0 Å². The van der Waals surface area contributed by atoms with Gasteiger partial charge in [-0.2, -0.15) is 13.2 Å². The number of sulfonamides is 1. The summed E-state index contributed by atoms with van der Waals surface area (Å²) in [7, 11) is -3.65. The molecular formula is C21H22F4N4O4S. The molecule has 13 heteroatoms. The summed E-state index contributed by atoms with van der Waals surface area (Å²) in [6, 6.07) is 5.72. The second kappa shape index (κ2) is 9.97. The average molecular weight is 502 g/mol. The van der Waals surface area contributed by atoms with Crippen molar-refractivity contribution in [1.82, 2.24) is 10.3 Å². The first-order valence-corrected chi connectivity index (χ1v) is 11.9. The summed E-state index contributed by atoms with van der Waals surface area (Å²) < 4.78 is 77.8. The third kappa shape index (κ3) is 6.90. The maximum Gasteiger partial charge on any atom is 0.433 e. The molecule has 0 bridgehead atoms. The fourth-order valence-electron chi connectivity index (χ4n) is 3.30. The van der Waals surface area contributed by atoms with Crippen molar-refractivity contribution in [2.45, 2.75) is 25.2 Å². The summed E-state index contributed by atoms with van der Waals surface area (Å²) in [6.07, 6.45) is -1.64. The summed E-state index contributed by atoms with van der Waals surface area (Å²) in [5.74, 6) is -1.40. The Labute approximate surface area is 193 Å². The lowest BCUT2D eigenvalue weighted by Crippen LogP contribution is -2.24. The molecule has 34 heavy (non-hydrogen) atoms. The van der Waals surface area contributed by atoms with Gasteiger partial charge in [-0.15, -0.1) is 0 Å². The lowest BCUT2D eigenvalue weighted by Gasteiger charge is -2.20. The van der Waals surface area contributed by atoms with E-state index < -0.39 is 39.7 Å². The van der Waals surface area contributed by atoms with Crippen LogP contribution in [0, 0.1) is 5.82 Å². The Bertz CT molecular complexity index is 1200. The van der Waals surface area contributed by atoms with Crippen molar-refractivity contribution < 1.29 is 35.9 Å². The van der Waals surface area contributed by atoms with Crippen LogP contribution in [0.25, 0.3) is 6.08 Å². The molecule has 3 rings (SSSR count). The van der Waals surface area contributed by atoms with Crippen molar-refractivity contribution in [1.29, 1.82) is 0 Å². The van der Waals surface area contributed by atoms with Crippen LogP contribution in [0.2, 0.25) is 0 Å². The number of aliphatic hydroxyl groups is 1. The van der Waals surface area contributed by atoms with E-state index in [1.165, 1.54) is 29.2 Å². The van der Waals surface area contributed by atoms with E-state index in [4.69, 9.17) is 0 Å². The monoisotopic (exact) mass is 502 g/mol. The second-order valence-corrected chi connectivity index (χ2v) is 9.48. The third-order valence-electron chi connectivity index (χ3n) is 4.87. The minimum Gasteiger partial charge on any atom is -0.391 e. The number of aliphatic hydroxyl groups excluding tert-OH is 1. The van der Waals surface area contributed by atoms with Gasteiger partial charge in [-0.05, 0) is 42.3 Å². The first kappa shape index (κ1) is 25.4. The van der Waals surface area contributed by atoms with Crippen LogP contribution in [-0.4, -0.2) is 49.9 Å². The molecule has 184 valence electrons. The number of nitrogens with zero attached hydrogens (tertiary/aromatic N) is 2. The lowest BCUT2D eigenvalue weighted by molar-refractivity contribution is -0.141. The smallest absolute Gasteiger partial charge is 0.391 e. The number of amides is 1. The zero-order chi connectivity index (χ0) is 25.1. The Morgan fingerprint density at radius 2 is 2.03 bits per heavy atom. The molecule has 1 aliphatic rings. The van der Waals surface area contributed by atoms with E-state index in [9.17, 15) is 35.9 Å². The maximum absolute atomic E-state index is 14.0. The highest BCUT2D eigenvalue weighted by Crippen LogP contribution is 2.32. The molecule has 1 aromatic heterocycles. The number of pyridine rings is 1. The van der Waals surface area contributed by atoms with Gasteiger partial charge in [0.25, 0.3) is 0 Å². The van der Waals surface area contributed by atoms with Crippen LogP contribution in [0.15, 0.2) is 36.4 Å². The van der Waals surface area contributed by atoms with E-state index in [0.717, 1.165) is 24.5 Å². The normalized spacial score (nSPS) is 16.8. The number of hydrogen-bond donors (Lipinski definition) is 3. The van der Waals surface area contributed by atoms with Gasteiger partial charge < -0.3 is 15.3 Å². The van der Waals surface area contributed by atoms with Gasteiger partial charge in [0.15, 0.2) is 0 Å². The van der Waals surface area contributed by atoms with E-state index in [0.29, 0.717) is 18.5 Å². The van der Waals surface area contributed by atoms with Crippen LogP contribution < -0.4 is 14.9 Å². The average Bonchev–Trinajstić information content (AvgIpc) is 3.17.